The van der Waals surface area contributed by atoms with Crippen molar-refractivity contribution < 1.29 is 9.47 Å². The quantitative estimate of drug-likeness (QED) is 0.648. The van der Waals surface area contributed by atoms with Crippen molar-refractivity contribution in [2.75, 3.05) is 13.2 Å². The zero-order chi connectivity index (χ0) is 13.4. The smallest absolute Gasteiger partial charge is 0.175 e. The SMILES string of the molecule is CC#CCCOc1c(Br)cc(CN)cc1OCC. The second-order valence-electron chi connectivity index (χ2n) is 3.57. The van der Waals surface area contributed by atoms with Crippen LogP contribution in [0.3, 0.4) is 0 Å². The number of halogens is 1. The van der Waals surface area contributed by atoms with Crippen LogP contribution in [0.5, 0.6) is 11.5 Å². The minimum atomic E-state index is 0.472. The Hall–Kier alpha value is -1.18. The summed E-state index contributed by atoms with van der Waals surface area (Å²) >= 11 is 3.48. The Bertz CT molecular complexity index is 449. The van der Waals surface area contributed by atoms with Gasteiger partial charge < -0.3 is 15.2 Å². The summed E-state index contributed by atoms with van der Waals surface area (Å²) < 4.78 is 12.1. The summed E-state index contributed by atoms with van der Waals surface area (Å²) in [6, 6.07) is 3.86. The molecule has 0 aliphatic carbocycles. The van der Waals surface area contributed by atoms with E-state index in [0.29, 0.717) is 31.9 Å². The van der Waals surface area contributed by atoms with E-state index in [1.54, 1.807) is 0 Å². The molecule has 1 rings (SSSR count). The first-order valence-electron chi connectivity index (χ1n) is 5.90. The largest absolute Gasteiger partial charge is 0.490 e. The predicted molar refractivity (Wildman–Crippen MR) is 76.8 cm³/mol. The average molecular weight is 312 g/mol. The van der Waals surface area contributed by atoms with Crippen molar-refractivity contribution in [3.8, 4) is 23.3 Å². The summed E-state index contributed by atoms with van der Waals surface area (Å²) in [6.07, 6.45) is 0.702. The molecular formula is C14H18BrNO2. The van der Waals surface area contributed by atoms with Gasteiger partial charge in [-0.1, -0.05) is 0 Å². The van der Waals surface area contributed by atoms with E-state index in [1.165, 1.54) is 0 Å². The van der Waals surface area contributed by atoms with E-state index in [-0.39, 0.29) is 0 Å². The Morgan fingerprint density at radius 1 is 1.33 bits per heavy atom. The monoisotopic (exact) mass is 311 g/mol. The van der Waals surface area contributed by atoms with Gasteiger partial charge >= 0.3 is 0 Å². The van der Waals surface area contributed by atoms with Crippen LogP contribution in [0, 0.1) is 11.8 Å². The molecule has 0 spiro atoms. The van der Waals surface area contributed by atoms with Crippen molar-refractivity contribution in [2.45, 2.75) is 26.8 Å². The van der Waals surface area contributed by atoms with Gasteiger partial charge in [0.25, 0.3) is 0 Å². The van der Waals surface area contributed by atoms with E-state index in [9.17, 15) is 0 Å². The first-order chi connectivity index (χ1) is 8.72. The normalized spacial score (nSPS) is 9.56. The van der Waals surface area contributed by atoms with Crippen molar-refractivity contribution in [1.82, 2.24) is 0 Å². The summed E-state index contributed by atoms with van der Waals surface area (Å²) in [5.41, 5.74) is 6.64. The Balaban J connectivity index is 2.88. The number of hydrogen-bond donors (Lipinski definition) is 1. The molecule has 0 aliphatic heterocycles. The van der Waals surface area contributed by atoms with Gasteiger partial charge in [-0.3, -0.25) is 0 Å². The van der Waals surface area contributed by atoms with Crippen LogP contribution in [0.25, 0.3) is 0 Å². The second kappa shape index (κ2) is 8.02. The van der Waals surface area contributed by atoms with Gasteiger partial charge in [0.2, 0.25) is 0 Å². The van der Waals surface area contributed by atoms with E-state index >= 15 is 0 Å². The van der Waals surface area contributed by atoms with E-state index in [4.69, 9.17) is 15.2 Å². The Kier molecular flexibility index (Phi) is 6.63. The maximum atomic E-state index is 5.71. The third-order valence-corrected chi connectivity index (χ3v) is 2.84. The van der Waals surface area contributed by atoms with Gasteiger partial charge in [-0.05, 0) is 47.5 Å². The first-order valence-corrected chi connectivity index (χ1v) is 6.69. The highest BCUT2D eigenvalue weighted by Crippen LogP contribution is 2.36. The van der Waals surface area contributed by atoms with Gasteiger partial charge in [-0.15, -0.1) is 11.8 Å². The number of benzene rings is 1. The minimum absolute atomic E-state index is 0.472. The number of hydrogen-bond acceptors (Lipinski definition) is 3. The van der Waals surface area contributed by atoms with Crippen molar-refractivity contribution in [1.29, 1.82) is 0 Å². The molecule has 4 heteroatoms. The molecule has 18 heavy (non-hydrogen) atoms. The minimum Gasteiger partial charge on any atom is -0.490 e. The standard InChI is InChI=1S/C14H18BrNO2/c1-3-5-6-7-18-14-12(15)8-11(10-16)9-13(14)17-4-2/h8-9H,4,6-7,10,16H2,1-2H3. The molecule has 1 aromatic carbocycles. The molecule has 0 heterocycles. The fourth-order valence-electron chi connectivity index (χ4n) is 1.47. The van der Waals surface area contributed by atoms with Crippen LogP contribution in [-0.4, -0.2) is 13.2 Å². The van der Waals surface area contributed by atoms with Gasteiger partial charge in [0.15, 0.2) is 11.5 Å². The molecule has 0 atom stereocenters. The van der Waals surface area contributed by atoms with Crippen molar-refractivity contribution in [2.24, 2.45) is 5.73 Å². The second-order valence-corrected chi connectivity index (χ2v) is 4.42. The van der Waals surface area contributed by atoms with Gasteiger partial charge in [0, 0.05) is 13.0 Å². The lowest BCUT2D eigenvalue weighted by Gasteiger charge is -2.14. The van der Waals surface area contributed by atoms with Gasteiger partial charge in [0.1, 0.15) is 0 Å². The fraction of sp³-hybridized carbons (Fsp3) is 0.429. The van der Waals surface area contributed by atoms with Crippen molar-refractivity contribution in [3.63, 3.8) is 0 Å². The van der Waals surface area contributed by atoms with Gasteiger partial charge in [0.05, 0.1) is 17.7 Å². The van der Waals surface area contributed by atoms with Crippen LogP contribution in [0.2, 0.25) is 0 Å². The maximum Gasteiger partial charge on any atom is 0.175 e. The highest BCUT2D eigenvalue weighted by atomic mass is 79.9. The maximum absolute atomic E-state index is 5.71. The topological polar surface area (TPSA) is 44.5 Å². The lowest BCUT2D eigenvalue weighted by Crippen LogP contribution is -2.03. The van der Waals surface area contributed by atoms with Crippen LogP contribution in [0.15, 0.2) is 16.6 Å². The van der Waals surface area contributed by atoms with Gasteiger partial charge in [-0.2, -0.15) is 0 Å². The molecule has 0 radical (unpaired) electrons. The molecule has 0 aromatic heterocycles. The van der Waals surface area contributed by atoms with E-state index in [2.05, 4.69) is 27.8 Å². The summed E-state index contributed by atoms with van der Waals surface area (Å²) in [7, 11) is 0. The van der Waals surface area contributed by atoms with Crippen molar-refractivity contribution >= 4 is 15.9 Å². The molecule has 0 aliphatic rings. The fourth-order valence-corrected chi connectivity index (χ4v) is 2.08. The summed E-state index contributed by atoms with van der Waals surface area (Å²) in [5, 5.41) is 0. The molecule has 0 fully saturated rings. The third-order valence-electron chi connectivity index (χ3n) is 2.26. The number of rotatable bonds is 6. The van der Waals surface area contributed by atoms with Crippen molar-refractivity contribution in [3.05, 3.63) is 22.2 Å². The molecule has 0 saturated heterocycles. The number of ether oxygens (including phenoxy) is 2. The molecular weight excluding hydrogens is 294 g/mol. The Morgan fingerprint density at radius 3 is 2.72 bits per heavy atom. The van der Waals surface area contributed by atoms with E-state index in [0.717, 1.165) is 15.8 Å². The average Bonchev–Trinajstić information content (AvgIpc) is 2.37. The molecule has 0 unspecified atom stereocenters. The van der Waals surface area contributed by atoms with Crippen LogP contribution in [0.1, 0.15) is 25.8 Å². The molecule has 0 saturated carbocycles. The molecule has 0 bridgehead atoms. The van der Waals surface area contributed by atoms with Crippen LogP contribution < -0.4 is 15.2 Å². The van der Waals surface area contributed by atoms with Crippen LogP contribution >= 0.6 is 15.9 Å². The lowest BCUT2D eigenvalue weighted by molar-refractivity contribution is 0.280. The lowest BCUT2D eigenvalue weighted by atomic mass is 10.2. The molecule has 98 valence electrons. The van der Waals surface area contributed by atoms with Crippen LogP contribution in [0.4, 0.5) is 0 Å². The summed E-state index contributed by atoms with van der Waals surface area (Å²) in [5.74, 6) is 7.23. The third kappa shape index (κ3) is 4.25. The Morgan fingerprint density at radius 2 is 2.11 bits per heavy atom. The number of nitrogens with two attached hydrogens (primary N) is 1. The highest BCUT2D eigenvalue weighted by Gasteiger charge is 2.11. The van der Waals surface area contributed by atoms with Gasteiger partial charge in [-0.25, -0.2) is 0 Å². The zero-order valence-electron chi connectivity index (χ0n) is 10.8. The van der Waals surface area contributed by atoms with E-state index in [1.807, 2.05) is 26.0 Å². The summed E-state index contributed by atoms with van der Waals surface area (Å²) in [4.78, 5) is 0. The predicted octanol–water partition coefficient (Wildman–Crippen LogP) is 3.10. The molecule has 0 amide bonds. The molecule has 3 nitrogen and oxygen atoms in total. The first kappa shape index (κ1) is 14.9. The van der Waals surface area contributed by atoms with E-state index < -0.39 is 0 Å². The molecule has 2 N–H and O–H groups in total. The highest BCUT2D eigenvalue weighted by molar-refractivity contribution is 9.10. The summed E-state index contributed by atoms with van der Waals surface area (Å²) in [6.45, 7) is 5.36. The Labute approximate surface area is 117 Å². The zero-order valence-corrected chi connectivity index (χ0v) is 12.3. The van der Waals surface area contributed by atoms with Crippen LogP contribution in [-0.2, 0) is 6.54 Å². The molecule has 1 aromatic rings.